The zero-order chi connectivity index (χ0) is 15.6. The van der Waals surface area contributed by atoms with Gasteiger partial charge >= 0.3 is 0 Å². The average Bonchev–Trinajstić information content (AvgIpc) is 2.88. The van der Waals surface area contributed by atoms with Crippen molar-refractivity contribution in [1.82, 2.24) is 5.32 Å². The van der Waals surface area contributed by atoms with Crippen LogP contribution in [0.4, 0.5) is 15.8 Å². The van der Waals surface area contributed by atoms with Crippen molar-refractivity contribution in [1.29, 1.82) is 0 Å². The number of anilines is 1. The van der Waals surface area contributed by atoms with Gasteiger partial charge in [-0.1, -0.05) is 13.8 Å². The Labute approximate surface area is 121 Å². The van der Waals surface area contributed by atoms with E-state index in [1.54, 1.807) is 0 Å². The largest absolute Gasteiger partial charge is 0.325 e. The highest BCUT2D eigenvalue weighted by Gasteiger charge is 2.43. The van der Waals surface area contributed by atoms with Crippen molar-refractivity contribution in [2.45, 2.75) is 20.3 Å². The lowest BCUT2D eigenvalue weighted by Gasteiger charge is -2.31. The maximum absolute atomic E-state index is 13.4. The Hall–Kier alpha value is -2.02. The van der Waals surface area contributed by atoms with Crippen molar-refractivity contribution in [3.05, 3.63) is 34.1 Å². The number of halogens is 1. The number of hydrogen-bond donors (Lipinski definition) is 2. The molecule has 7 heteroatoms. The van der Waals surface area contributed by atoms with E-state index in [-0.39, 0.29) is 23.2 Å². The molecular formula is C14H18FN3O3. The summed E-state index contributed by atoms with van der Waals surface area (Å²) in [5, 5.41) is 16.5. The van der Waals surface area contributed by atoms with E-state index in [1.807, 2.05) is 13.8 Å². The minimum Gasteiger partial charge on any atom is -0.325 e. The molecule has 1 aromatic rings. The van der Waals surface area contributed by atoms with E-state index in [0.717, 1.165) is 24.7 Å². The molecule has 1 aliphatic heterocycles. The molecule has 0 aromatic heterocycles. The second-order valence-electron chi connectivity index (χ2n) is 5.65. The molecule has 2 N–H and O–H groups in total. The Morgan fingerprint density at radius 3 is 2.71 bits per heavy atom. The van der Waals surface area contributed by atoms with Gasteiger partial charge in [0, 0.05) is 12.6 Å². The molecule has 0 spiro atoms. The normalized spacial score (nSPS) is 21.5. The number of carbonyl (C=O) groups excluding carboxylic acids is 1. The van der Waals surface area contributed by atoms with Crippen molar-refractivity contribution < 1.29 is 14.1 Å². The van der Waals surface area contributed by atoms with Crippen molar-refractivity contribution in [3.63, 3.8) is 0 Å². The number of rotatable bonds is 4. The molecule has 0 bridgehead atoms. The van der Waals surface area contributed by atoms with Crippen LogP contribution in [0.3, 0.4) is 0 Å². The Kier molecular flexibility index (Phi) is 4.22. The highest BCUT2D eigenvalue weighted by molar-refractivity contribution is 5.96. The SMILES string of the molecule is CC(C)C1(C(=O)Nc2cc(F)cc([N+](=O)[O-])c2)CCNC1. The van der Waals surface area contributed by atoms with Crippen molar-refractivity contribution in [2.24, 2.45) is 11.3 Å². The third kappa shape index (κ3) is 3.02. The molecule has 1 unspecified atom stereocenters. The van der Waals surface area contributed by atoms with Gasteiger partial charge in [-0.15, -0.1) is 0 Å². The van der Waals surface area contributed by atoms with E-state index < -0.39 is 16.2 Å². The molecule has 1 saturated heterocycles. The van der Waals surface area contributed by atoms with Gasteiger partial charge in [-0.25, -0.2) is 4.39 Å². The number of carbonyl (C=O) groups is 1. The molecule has 1 atom stereocenters. The third-order valence-corrected chi connectivity index (χ3v) is 4.10. The van der Waals surface area contributed by atoms with Crippen LogP contribution >= 0.6 is 0 Å². The minimum absolute atomic E-state index is 0.107. The second kappa shape index (κ2) is 5.77. The Morgan fingerprint density at radius 1 is 1.48 bits per heavy atom. The number of nitrogens with zero attached hydrogens (tertiary/aromatic N) is 1. The van der Waals surface area contributed by atoms with Gasteiger partial charge in [0.15, 0.2) is 0 Å². The summed E-state index contributed by atoms with van der Waals surface area (Å²) in [6.07, 6.45) is 0.688. The number of non-ortho nitro benzene ring substituents is 1. The molecule has 0 radical (unpaired) electrons. The van der Waals surface area contributed by atoms with Gasteiger partial charge in [-0.3, -0.25) is 14.9 Å². The number of nitro groups is 1. The zero-order valence-corrected chi connectivity index (χ0v) is 12.0. The lowest BCUT2D eigenvalue weighted by Crippen LogP contribution is -2.42. The van der Waals surface area contributed by atoms with Gasteiger partial charge in [0.25, 0.3) is 5.69 Å². The molecule has 0 saturated carbocycles. The van der Waals surface area contributed by atoms with Crippen molar-refractivity contribution in [3.8, 4) is 0 Å². The smallest absolute Gasteiger partial charge is 0.274 e. The number of benzene rings is 1. The topological polar surface area (TPSA) is 84.3 Å². The Balaban J connectivity index is 2.25. The molecule has 1 amide bonds. The van der Waals surface area contributed by atoms with Crippen LogP contribution in [0.5, 0.6) is 0 Å². The number of hydrogen-bond acceptors (Lipinski definition) is 4. The molecule has 21 heavy (non-hydrogen) atoms. The van der Waals surface area contributed by atoms with Crippen LogP contribution < -0.4 is 10.6 Å². The molecule has 2 rings (SSSR count). The van der Waals surface area contributed by atoms with E-state index in [1.165, 1.54) is 0 Å². The standard InChI is InChI=1S/C14H18FN3O3/c1-9(2)14(3-4-16-8-14)13(19)17-11-5-10(15)6-12(7-11)18(20)21/h5-7,9,16H,3-4,8H2,1-2H3,(H,17,19). The second-order valence-corrected chi connectivity index (χ2v) is 5.65. The van der Waals surface area contributed by atoms with E-state index in [4.69, 9.17) is 0 Å². The Morgan fingerprint density at radius 2 is 2.19 bits per heavy atom. The summed E-state index contributed by atoms with van der Waals surface area (Å²) in [7, 11) is 0. The highest BCUT2D eigenvalue weighted by atomic mass is 19.1. The molecule has 6 nitrogen and oxygen atoms in total. The van der Waals surface area contributed by atoms with Crippen LogP contribution in [-0.2, 0) is 4.79 Å². The fraction of sp³-hybridized carbons (Fsp3) is 0.500. The van der Waals surface area contributed by atoms with Crippen molar-refractivity contribution >= 4 is 17.3 Å². The predicted octanol–water partition coefficient (Wildman–Crippen LogP) is 2.31. The van der Waals surface area contributed by atoms with Crippen LogP contribution in [0.2, 0.25) is 0 Å². The van der Waals surface area contributed by atoms with Crippen LogP contribution in [-0.4, -0.2) is 23.9 Å². The summed E-state index contributed by atoms with van der Waals surface area (Å²) in [5.74, 6) is -0.874. The minimum atomic E-state index is -0.748. The van der Waals surface area contributed by atoms with Gasteiger partial charge in [0.2, 0.25) is 5.91 Å². The first kappa shape index (κ1) is 15.4. The summed E-state index contributed by atoms with van der Waals surface area (Å²) in [5.41, 5.74) is -0.840. The molecule has 1 heterocycles. The molecule has 114 valence electrons. The summed E-state index contributed by atoms with van der Waals surface area (Å²) >= 11 is 0. The highest BCUT2D eigenvalue weighted by Crippen LogP contribution is 2.35. The predicted molar refractivity (Wildman–Crippen MR) is 76.4 cm³/mol. The fourth-order valence-corrected chi connectivity index (χ4v) is 2.67. The maximum Gasteiger partial charge on any atom is 0.274 e. The quantitative estimate of drug-likeness (QED) is 0.659. The monoisotopic (exact) mass is 295 g/mol. The van der Waals surface area contributed by atoms with Crippen LogP contribution in [0.25, 0.3) is 0 Å². The first-order valence-electron chi connectivity index (χ1n) is 6.82. The molecule has 0 aliphatic carbocycles. The molecule has 1 aliphatic rings. The molecule has 1 aromatic carbocycles. The summed E-state index contributed by atoms with van der Waals surface area (Å²) in [6, 6.07) is 3.07. The fourth-order valence-electron chi connectivity index (χ4n) is 2.67. The third-order valence-electron chi connectivity index (χ3n) is 4.10. The van der Waals surface area contributed by atoms with Gasteiger partial charge in [0.1, 0.15) is 5.82 Å². The van der Waals surface area contributed by atoms with Crippen LogP contribution in [0, 0.1) is 27.3 Å². The number of nitrogens with one attached hydrogen (secondary N) is 2. The van der Waals surface area contributed by atoms with Crippen LogP contribution in [0.1, 0.15) is 20.3 Å². The van der Waals surface area contributed by atoms with Gasteiger partial charge in [-0.2, -0.15) is 0 Å². The molecule has 1 fully saturated rings. The van der Waals surface area contributed by atoms with Crippen LogP contribution in [0.15, 0.2) is 18.2 Å². The first-order valence-corrected chi connectivity index (χ1v) is 6.82. The van der Waals surface area contributed by atoms with Gasteiger partial charge < -0.3 is 10.6 Å². The lowest BCUT2D eigenvalue weighted by molar-refractivity contribution is -0.385. The summed E-state index contributed by atoms with van der Waals surface area (Å²) < 4.78 is 13.4. The van der Waals surface area contributed by atoms with E-state index in [9.17, 15) is 19.3 Å². The summed E-state index contributed by atoms with van der Waals surface area (Å²) in [4.78, 5) is 22.6. The number of nitro benzene ring substituents is 1. The zero-order valence-electron chi connectivity index (χ0n) is 12.0. The van der Waals surface area contributed by atoms with Gasteiger partial charge in [-0.05, 0) is 24.9 Å². The molecular weight excluding hydrogens is 277 g/mol. The first-order chi connectivity index (χ1) is 9.85. The van der Waals surface area contributed by atoms with E-state index in [2.05, 4.69) is 10.6 Å². The summed E-state index contributed by atoms with van der Waals surface area (Å²) in [6.45, 7) is 5.21. The average molecular weight is 295 g/mol. The van der Waals surface area contributed by atoms with E-state index in [0.29, 0.717) is 13.0 Å². The lowest BCUT2D eigenvalue weighted by atomic mass is 9.75. The Bertz CT molecular complexity index is 569. The number of amides is 1. The van der Waals surface area contributed by atoms with Crippen molar-refractivity contribution in [2.75, 3.05) is 18.4 Å². The maximum atomic E-state index is 13.4. The van der Waals surface area contributed by atoms with Gasteiger partial charge in [0.05, 0.1) is 22.1 Å². The van der Waals surface area contributed by atoms with E-state index >= 15 is 0 Å².